The monoisotopic (exact) mass is 519 g/mol. The fourth-order valence-electron chi connectivity index (χ4n) is 5.03. The van der Waals surface area contributed by atoms with Crippen molar-refractivity contribution >= 4 is 17.6 Å². The Morgan fingerprint density at radius 1 is 1.19 bits per heavy atom. The second-order valence-corrected chi connectivity index (χ2v) is 11.0. The van der Waals surface area contributed by atoms with Crippen LogP contribution in [0.15, 0.2) is 42.5 Å². The van der Waals surface area contributed by atoms with Crippen LogP contribution in [0.2, 0.25) is 5.02 Å². The highest BCUT2D eigenvalue weighted by atomic mass is 35.5. The highest BCUT2D eigenvalue weighted by Crippen LogP contribution is 2.39. The van der Waals surface area contributed by atoms with Gasteiger partial charge < -0.3 is 19.0 Å². The van der Waals surface area contributed by atoms with E-state index in [0.717, 1.165) is 25.7 Å². The van der Waals surface area contributed by atoms with Crippen LogP contribution in [-0.4, -0.2) is 42.9 Å². The maximum Gasteiger partial charge on any atom is 0.357 e. The van der Waals surface area contributed by atoms with E-state index in [-0.39, 0.29) is 23.5 Å². The van der Waals surface area contributed by atoms with Crippen LogP contribution in [0.25, 0.3) is 0 Å². The molecule has 1 saturated carbocycles. The molecule has 0 spiro atoms. The standard InChI is InChI=1S/C28H35ClFNO5/c1-28(2,3)35-27(33-4)22-14-23(29)25(15-24(22)30)34-17-20-13-21-12-8-11-19(20)16-31(21)36-26(32)18-9-6-5-7-10-18/h5-7,9-10,14-15,19-21,27H,8,11-13,16-17H2,1-4H3. The molecule has 8 heteroatoms. The number of halogens is 2. The molecule has 2 saturated heterocycles. The first-order valence-electron chi connectivity index (χ1n) is 12.5. The Hall–Kier alpha value is -2.19. The lowest BCUT2D eigenvalue weighted by Crippen LogP contribution is -2.47. The van der Waals surface area contributed by atoms with E-state index < -0.39 is 17.7 Å². The molecule has 1 aliphatic carbocycles. The maximum atomic E-state index is 15.0. The predicted molar refractivity (Wildman–Crippen MR) is 135 cm³/mol. The topological polar surface area (TPSA) is 57.2 Å². The molecule has 5 rings (SSSR count). The van der Waals surface area contributed by atoms with E-state index in [1.54, 1.807) is 12.1 Å². The average Bonchev–Trinajstić information content (AvgIpc) is 3.16. The zero-order chi connectivity index (χ0) is 25.9. The molecule has 2 aromatic carbocycles. The average molecular weight is 520 g/mol. The summed E-state index contributed by atoms with van der Waals surface area (Å²) in [7, 11) is 1.47. The molecule has 3 fully saturated rings. The van der Waals surface area contributed by atoms with Crippen LogP contribution in [-0.2, 0) is 14.3 Å². The third-order valence-electron chi connectivity index (χ3n) is 6.82. The zero-order valence-electron chi connectivity index (χ0n) is 21.3. The Morgan fingerprint density at radius 3 is 2.64 bits per heavy atom. The number of nitrogens with zero attached hydrogens (tertiary/aromatic N) is 1. The van der Waals surface area contributed by atoms with Gasteiger partial charge in [0.25, 0.3) is 0 Å². The molecule has 0 amide bonds. The van der Waals surface area contributed by atoms with E-state index in [1.165, 1.54) is 19.2 Å². The first-order chi connectivity index (χ1) is 17.1. The van der Waals surface area contributed by atoms with Crippen LogP contribution in [0.3, 0.4) is 0 Å². The zero-order valence-corrected chi connectivity index (χ0v) is 22.1. The minimum absolute atomic E-state index is 0.136. The van der Waals surface area contributed by atoms with Gasteiger partial charge in [-0.3, -0.25) is 0 Å². The number of hydrogen-bond acceptors (Lipinski definition) is 6. The van der Waals surface area contributed by atoms with Crippen LogP contribution in [0.5, 0.6) is 5.75 Å². The number of methoxy groups -OCH3 is 1. The molecule has 2 aromatic rings. The number of piperidine rings is 1. The summed E-state index contributed by atoms with van der Waals surface area (Å²) in [5, 5.41) is 2.16. The predicted octanol–water partition coefficient (Wildman–Crippen LogP) is 6.58. The fourth-order valence-corrected chi connectivity index (χ4v) is 5.26. The number of rotatable bonds is 8. The number of hydrogen-bond donors (Lipinski definition) is 0. The quantitative estimate of drug-likeness (QED) is 0.367. The molecule has 0 radical (unpaired) electrons. The summed E-state index contributed by atoms with van der Waals surface area (Å²) in [5.41, 5.74) is 0.257. The van der Waals surface area contributed by atoms with Gasteiger partial charge in [-0.25, -0.2) is 9.18 Å². The molecular weight excluding hydrogens is 485 g/mol. The van der Waals surface area contributed by atoms with Gasteiger partial charge >= 0.3 is 5.97 Å². The first-order valence-corrected chi connectivity index (χ1v) is 12.9. The first kappa shape index (κ1) is 26.9. The van der Waals surface area contributed by atoms with Crippen molar-refractivity contribution in [1.29, 1.82) is 0 Å². The van der Waals surface area contributed by atoms with Gasteiger partial charge in [-0.05, 0) is 70.1 Å². The van der Waals surface area contributed by atoms with Crippen LogP contribution in [0, 0.1) is 17.7 Å². The van der Waals surface area contributed by atoms with Gasteiger partial charge in [0.05, 0.1) is 22.8 Å². The van der Waals surface area contributed by atoms with Crippen molar-refractivity contribution in [3.05, 3.63) is 64.4 Å². The molecule has 0 aromatic heterocycles. The summed E-state index contributed by atoms with van der Waals surface area (Å²) in [6.07, 6.45) is 3.03. The fraction of sp³-hybridized carbons (Fsp3) is 0.536. The van der Waals surface area contributed by atoms with E-state index in [4.69, 9.17) is 30.6 Å². The van der Waals surface area contributed by atoms with Crippen molar-refractivity contribution in [2.75, 3.05) is 20.3 Å². The smallest absolute Gasteiger partial charge is 0.357 e. The van der Waals surface area contributed by atoms with E-state index in [1.807, 2.05) is 44.0 Å². The minimum atomic E-state index is -0.876. The second kappa shape index (κ2) is 11.5. The highest BCUT2D eigenvalue weighted by Gasteiger charge is 2.40. The Bertz CT molecular complexity index is 1040. The maximum absolute atomic E-state index is 15.0. The van der Waals surface area contributed by atoms with Crippen LogP contribution in [0.1, 0.15) is 68.7 Å². The summed E-state index contributed by atoms with van der Waals surface area (Å²) >= 11 is 6.47. The third kappa shape index (κ3) is 6.57. The number of carbonyl (C=O) groups is 1. The highest BCUT2D eigenvalue weighted by molar-refractivity contribution is 6.32. The Labute approximate surface area is 217 Å². The summed E-state index contributed by atoms with van der Waals surface area (Å²) in [6, 6.07) is 12.0. The van der Waals surface area contributed by atoms with E-state index in [9.17, 15) is 9.18 Å². The molecule has 2 aliphatic heterocycles. The van der Waals surface area contributed by atoms with Crippen molar-refractivity contribution in [3.63, 3.8) is 0 Å². The largest absolute Gasteiger partial charge is 0.492 e. The van der Waals surface area contributed by atoms with Gasteiger partial charge in [0.15, 0.2) is 6.29 Å². The van der Waals surface area contributed by atoms with Crippen LogP contribution in [0.4, 0.5) is 4.39 Å². The molecule has 0 N–H and O–H groups in total. The lowest BCUT2D eigenvalue weighted by Gasteiger charge is -2.39. The Kier molecular flexibility index (Phi) is 8.56. The molecule has 36 heavy (non-hydrogen) atoms. The molecule has 6 nitrogen and oxygen atoms in total. The van der Waals surface area contributed by atoms with Gasteiger partial charge in [-0.1, -0.05) is 36.2 Å². The normalized spacial score (nSPS) is 23.2. The van der Waals surface area contributed by atoms with Gasteiger partial charge in [-0.2, -0.15) is 0 Å². The second-order valence-electron chi connectivity index (χ2n) is 10.6. The Morgan fingerprint density at radius 2 is 1.94 bits per heavy atom. The molecule has 2 bridgehead atoms. The molecule has 4 atom stereocenters. The van der Waals surface area contributed by atoms with E-state index in [0.29, 0.717) is 35.4 Å². The van der Waals surface area contributed by atoms with Crippen molar-refractivity contribution in [2.45, 2.75) is 64.4 Å². The third-order valence-corrected chi connectivity index (χ3v) is 7.11. The summed E-state index contributed by atoms with van der Waals surface area (Å²) in [4.78, 5) is 18.4. The summed E-state index contributed by atoms with van der Waals surface area (Å²) in [6.45, 7) is 6.71. The van der Waals surface area contributed by atoms with E-state index >= 15 is 0 Å². The van der Waals surface area contributed by atoms with Crippen molar-refractivity contribution < 1.29 is 28.2 Å². The molecule has 196 valence electrons. The lowest BCUT2D eigenvalue weighted by atomic mass is 9.84. The number of hydroxylamine groups is 2. The number of fused-ring (bicyclic) bond motifs is 4. The number of benzene rings is 2. The van der Waals surface area contributed by atoms with Crippen molar-refractivity contribution in [3.8, 4) is 5.75 Å². The molecular formula is C28H35ClFNO5. The molecule has 2 heterocycles. The van der Waals surface area contributed by atoms with Gasteiger partial charge in [0.1, 0.15) is 11.6 Å². The summed E-state index contributed by atoms with van der Waals surface area (Å²) < 4.78 is 32.2. The summed E-state index contributed by atoms with van der Waals surface area (Å²) in [5.74, 6) is 0.0539. The van der Waals surface area contributed by atoms with Crippen LogP contribution >= 0.6 is 11.6 Å². The lowest BCUT2D eigenvalue weighted by molar-refractivity contribution is -0.187. The van der Waals surface area contributed by atoms with Gasteiger partial charge in [0.2, 0.25) is 0 Å². The Balaban J connectivity index is 1.39. The SMILES string of the molecule is COC(OC(C)(C)C)c1cc(Cl)c(OCC2CC3CCCC2CN3OC(=O)c2ccccc2)cc1F. The van der Waals surface area contributed by atoms with Gasteiger partial charge in [-0.15, -0.1) is 5.06 Å². The van der Waals surface area contributed by atoms with Gasteiger partial charge in [0, 0.05) is 31.3 Å². The minimum Gasteiger partial charge on any atom is -0.492 e. The molecule has 3 aliphatic rings. The number of ether oxygens (including phenoxy) is 3. The van der Waals surface area contributed by atoms with Crippen molar-refractivity contribution in [1.82, 2.24) is 5.06 Å². The molecule has 4 unspecified atom stereocenters. The van der Waals surface area contributed by atoms with Crippen molar-refractivity contribution in [2.24, 2.45) is 11.8 Å². The number of carbonyl (C=O) groups excluding carboxylic acids is 1. The van der Waals surface area contributed by atoms with Crippen LogP contribution < -0.4 is 4.74 Å². The van der Waals surface area contributed by atoms with E-state index in [2.05, 4.69) is 0 Å².